The van der Waals surface area contributed by atoms with Crippen molar-refractivity contribution in [2.24, 2.45) is 23.5 Å². The molecule has 0 saturated heterocycles. The number of hydrogen-bond donors (Lipinski definition) is 2. The number of anilines is 1. The molecule has 4 rings (SSSR count). The number of amides is 1. The Morgan fingerprint density at radius 1 is 1.23 bits per heavy atom. The minimum Gasteiger partial charge on any atom is -0.408 e. The van der Waals surface area contributed by atoms with E-state index >= 15 is 0 Å². The molecule has 2 saturated carbocycles. The number of halogens is 2. The fourth-order valence-electron chi connectivity index (χ4n) is 4.90. The lowest BCUT2D eigenvalue weighted by molar-refractivity contribution is -0.122. The molecule has 2 aliphatic carbocycles. The number of rotatable bonds is 5. The van der Waals surface area contributed by atoms with Crippen molar-refractivity contribution >= 4 is 47.5 Å². The first-order valence-electron chi connectivity index (χ1n) is 10.3. The lowest BCUT2D eigenvalue weighted by atomic mass is 9.65. The zero-order valence-corrected chi connectivity index (χ0v) is 19.1. The van der Waals surface area contributed by atoms with E-state index < -0.39 is 0 Å². The van der Waals surface area contributed by atoms with Gasteiger partial charge in [0.2, 0.25) is 5.91 Å². The first-order valence-corrected chi connectivity index (χ1v) is 10.3. The summed E-state index contributed by atoms with van der Waals surface area (Å²) in [6.07, 6.45) is 5.27. The van der Waals surface area contributed by atoms with Crippen LogP contribution in [0.1, 0.15) is 32.1 Å². The average molecular weight is 459 g/mol. The van der Waals surface area contributed by atoms with Crippen LogP contribution in [0, 0.1) is 17.8 Å². The topological polar surface area (TPSA) is 93.5 Å². The molecule has 9 heteroatoms. The molecule has 168 valence electrons. The van der Waals surface area contributed by atoms with Crippen LogP contribution in [-0.4, -0.2) is 42.1 Å². The number of fused-ring (bicyclic) bond motifs is 3. The number of carbonyl (C=O) groups is 1. The van der Waals surface area contributed by atoms with Gasteiger partial charge in [-0.1, -0.05) is 6.42 Å². The highest BCUT2D eigenvalue weighted by Crippen LogP contribution is 2.42. The van der Waals surface area contributed by atoms with Gasteiger partial charge in [0.05, 0.1) is 5.52 Å². The lowest BCUT2D eigenvalue weighted by Crippen LogP contribution is -2.48. The molecule has 2 aromatic rings. The highest BCUT2D eigenvalue weighted by Gasteiger charge is 2.40. The first kappa shape index (κ1) is 24.7. The van der Waals surface area contributed by atoms with Gasteiger partial charge in [-0.25, -0.2) is 4.79 Å². The Labute approximate surface area is 189 Å². The van der Waals surface area contributed by atoms with Crippen LogP contribution in [0.15, 0.2) is 27.4 Å². The number of nitrogens with one attached hydrogen (secondary N) is 1. The zero-order valence-electron chi connectivity index (χ0n) is 17.5. The van der Waals surface area contributed by atoms with Crippen molar-refractivity contribution in [1.82, 2.24) is 9.47 Å². The van der Waals surface area contributed by atoms with Gasteiger partial charge in [0, 0.05) is 30.7 Å². The number of oxazole rings is 1. The van der Waals surface area contributed by atoms with E-state index in [1.807, 2.05) is 25.1 Å². The van der Waals surface area contributed by atoms with E-state index in [1.54, 1.807) is 16.7 Å². The third kappa shape index (κ3) is 5.02. The van der Waals surface area contributed by atoms with Crippen LogP contribution in [0.3, 0.4) is 0 Å². The summed E-state index contributed by atoms with van der Waals surface area (Å²) < 4.78 is 6.95. The fourth-order valence-corrected chi connectivity index (χ4v) is 4.90. The van der Waals surface area contributed by atoms with Crippen LogP contribution in [-0.2, 0) is 11.3 Å². The largest absolute Gasteiger partial charge is 0.419 e. The van der Waals surface area contributed by atoms with Crippen LogP contribution in [0.4, 0.5) is 5.69 Å². The quantitative estimate of drug-likeness (QED) is 0.717. The van der Waals surface area contributed by atoms with Gasteiger partial charge in [0.1, 0.15) is 0 Å². The molecule has 2 aliphatic rings. The number of aromatic nitrogens is 1. The van der Waals surface area contributed by atoms with Crippen molar-refractivity contribution < 1.29 is 9.21 Å². The van der Waals surface area contributed by atoms with Crippen LogP contribution < -0.4 is 16.8 Å². The minimum atomic E-state index is -0.366. The van der Waals surface area contributed by atoms with Crippen molar-refractivity contribution in [3.8, 4) is 0 Å². The summed E-state index contributed by atoms with van der Waals surface area (Å²) in [4.78, 5) is 27.1. The summed E-state index contributed by atoms with van der Waals surface area (Å²) >= 11 is 0. The van der Waals surface area contributed by atoms with Crippen molar-refractivity contribution in [2.75, 3.05) is 26.0 Å². The van der Waals surface area contributed by atoms with Crippen LogP contribution >= 0.6 is 24.8 Å². The molecule has 1 heterocycles. The van der Waals surface area contributed by atoms with E-state index in [0.717, 1.165) is 32.2 Å². The van der Waals surface area contributed by atoms with Gasteiger partial charge >= 0.3 is 5.76 Å². The van der Waals surface area contributed by atoms with Crippen molar-refractivity contribution in [1.29, 1.82) is 0 Å². The molecule has 2 unspecified atom stereocenters. The maximum atomic E-state index is 12.9. The first-order chi connectivity index (χ1) is 13.4. The Hall–Kier alpha value is -1.54. The monoisotopic (exact) mass is 458 g/mol. The fraction of sp³-hybridized carbons (Fsp3) is 0.619. The van der Waals surface area contributed by atoms with Gasteiger partial charge in [0.25, 0.3) is 0 Å². The number of benzene rings is 1. The van der Waals surface area contributed by atoms with E-state index in [4.69, 9.17) is 10.2 Å². The lowest BCUT2D eigenvalue weighted by Gasteiger charge is -2.43. The standard InChI is InChI=1S/C21H30N4O3.2ClH/c1-24(2)8-9-25-17-12-16(6-7-18(17)28-21(25)27)23-20(26)15-10-13-4-3-5-14(11-15)19(13)22;;/h6-7,12-15,19H,3-5,8-11,22H2,1-2H3,(H,23,26);2*1H. The summed E-state index contributed by atoms with van der Waals surface area (Å²) in [6.45, 7) is 1.27. The van der Waals surface area contributed by atoms with Gasteiger partial charge < -0.3 is 20.4 Å². The SMILES string of the molecule is CN(C)CCn1c(=O)oc2ccc(NC(=O)C3CC4CCCC(C3)C4N)cc21.Cl.Cl. The highest BCUT2D eigenvalue weighted by molar-refractivity contribution is 5.94. The Morgan fingerprint density at radius 3 is 2.53 bits per heavy atom. The minimum absolute atomic E-state index is 0. The molecule has 1 amide bonds. The van der Waals surface area contributed by atoms with E-state index in [-0.39, 0.29) is 48.4 Å². The number of nitrogens with two attached hydrogens (primary N) is 1. The van der Waals surface area contributed by atoms with Crippen molar-refractivity contribution in [3.63, 3.8) is 0 Å². The van der Waals surface area contributed by atoms with E-state index in [1.165, 1.54) is 6.42 Å². The second-order valence-electron chi connectivity index (χ2n) is 8.69. The Morgan fingerprint density at radius 2 is 1.90 bits per heavy atom. The molecule has 1 aromatic carbocycles. The van der Waals surface area contributed by atoms with Gasteiger partial charge in [-0.05, 0) is 69.8 Å². The number of hydrogen-bond acceptors (Lipinski definition) is 5. The Bertz CT molecular complexity index is 913. The van der Waals surface area contributed by atoms with E-state index in [2.05, 4.69) is 5.32 Å². The molecular formula is C21H32Cl2N4O3. The molecular weight excluding hydrogens is 427 g/mol. The molecule has 0 radical (unpaired) electrons. The summed E-state index contributed by atoms with van der Waals surface area (Å²) in [7, 11) is 3.93. The van der Waals surface area contributed by atoms with Crippen LogP contribution in [0.2, 0.25) is 0 Å². The number of nitrogens with zero attached hydrogens (tertiary/aromatic N) is 2. The molecule has 7 nitrogen and oxygen atoms in total. The molecule has 30 heavy (non-hydrogen) atoms. The second-order valence-corrected chi connectivity index (χ2v) is 8.69. The number of carbonyl (C=O) groups excluding carboxylic acids is 1. The third-order valence-corrected chi connectivity index (χ3v) is 6.49. The summed E-state index contributed by atoms with van der Waals surface area (Å²) in [5, 5.41) is 3.06. The smallest absolute Gasteiger partial charge is 0.408 e. The molecule has 3 N–H and O–H groups in total. The van der Waals surface area contributed by atoms with Gasteiger partial charge in [-0.15, -0.1) is 24.8 Å². The highest BCUT2D eigenvalue weighted by atomic mass is 35.5. The summed E-state index contributed by atoms with van der Waals surface area (Å²) in [5.74, 6) is 0.654. The van der Waals surface area contributed by atoms with Gasteiger partial charge in [0.15, 0.2) is 5.58 Å². The molecule has 1 aromatic heterocycles. The Balaban J connectivity index is 0.00000160. The predicted molar refractivity (Wildman–Crippen MR) is 124 cm³/mol. The summed E-state index contributed by atoms with van der Waals surface area (Å²) in [6, 6.07) is 5.65. The van der Waals surface area contributed by atoms with Crippen LogP contribution in [0.25, 0.3) is 11.1 Å². The number of likely N-dealkylation sites (N-methyl/N-ethyl adjacent to an activating group) is 1. The average Bonchev–Trinajstić information content (AvgIpc) is 2.94. The van der Waals surface area contributed by atoms with E-state index in [9.17, 15) is 9.59 Å². The maximum absolute atomic E-state index is 12.9. The Kier molecular flexibility index (Phi) is 8.39. The molecule has 2 atom stereocenters. The van der Waals surface area contributed by atoms with E-state index in [0.29, 0.717) is 35.2 Å². The maximum Gasteiger partial charge on any atom is 0.419 e. The molecule has 0 aliphatic heterocycles. The third-order valence-electron chi connectivity index (χ3n) is 6.49. The van der Waals surface area contributed by atoms with Gasteiger partial charge in [-0.2, -0.15) is 0 Å². The van der Waals surface area contributed by atoms with Crippen molar-refractivity contribution in [3.05, 3.63) is 28.7 Å². The van der Waals surface area contributed by atoms with Gasteiger partial charge in [-0.3, -0.25) is 9.36 Å². The molecule has 0 spiro atoms. The van der Waals surface area contributed by atoms with Crippen LogP contribution in [0.5, 0.6) is 0 Å². The molecule has 2 fully saturated rings. The van der Waals surface area contributed by atoms with Crippen molar-refractivity contribution in [2.45, 2.75) is 44.7 Å². The summed E-state index contributed by atoms with van der Waals surface area (Å²) in [5.41, 5.74) is 8.31. The normalized spacial score (nSPS) is 25.5. The molecule has 2 bridgehead atoms. The predicted octanol–water partition coefficient (Wildman–Crippen LogP) is 3.09. The second kappa shape index (κ2) is 10.2. The zero-order chi connectivity index (χ0) is 19.8.